The first-order chi connectivity index (χ1) is 10.2. The normalized spacial score (nSPS) is 10.3. The van der Waals surface area contributed by atoms with Crippen molar-refractivity contribution in [3.8, 4) is 10.6 Å². The van der Waals surface area contributed by atoms with Gasteiger partial charge >= 0.3 is 0 Å². The quantitative estimate of drug-likeness (QED) is 0.728. The molecule has 3 rings (SSSR count). The number of hydrogen-bond donors (Lipinski definition) is 1. The van der Waals surface area contributed by atoms with Gasteiger partial charge in [0.05, 0.1) is 11.9 Å². The second kappa shape index (κ2) is 6.20. The van der Waals surface area contributed by atoms with E-state index in [1.807, 2.05) is 54.6 Å². The highest BCUT2D eigenvalue weighted by Crippen LogP contribution is 2.27. The van der Waals surface area contributed by atoms with Crippen LogP contribution in [0.2, 0.25) is 0 Å². The zero-order valence-electron chi connectivity index (χ0n) is 10.9. The Balaban J connectivity index is 1.80. The van der Waals surface area contributed by atoms with E-state index in [2.05, 4.69) is 26.2 Å². The number of anilines is 1. The number of rotatable bonds is 3. The van der Waals surface area contributed by atoms with Gasteiger partial charge in [-0.2, -0.15) is 0 Å². The van der Waals surface area contributed by atoms with Crippen LogP contribution in [0.5, 0.6) is 0 Å². The third-order valence-electron chi connectivity index (χ3n) is 2.87. The molecule has 0 spiro atoms. The Kier molecular flexibility index (Phi) is 4.13. The average Bonchev–Trinajstić information content (AvgIpc) is 3.00. The summed E-state index contributed by atoms with van der Waals surface area (Å²) in [5, 5.41) is 3.72. The highest BCUT2D eigenvalue weighted by atomic mass is 79.9. The van der Waals surface area contributed by atoms with E-state index in [9.17, 15) is 4.79 Å². The van der Waals surface area contributed by atoms with Crippen LogP contribution in [0.3, 0.4) is 0 Å². The Morgan fingerprint density at radius 2 is 1.76 bits per heavy atom. The Morgan fingerprint density at radius 1 is 1.05 bits per heavy atom. The smallest absolute Gasteiger partial charge is 0.267 e. The number of aromatic nitrogens is 1. The van der Waals surface area contributed by atoms with Crippen molar-refractivity contribution in [3.63, 3.8) is 0 Å². The highest BCUT2D eigenvalue weighted by Gasteiger charge is 2.12. The van der Waals surface area contributed by atoms with Gasteiger partial charge in [-0.25, -0.2) is 4.98 Å². The average molecular weight is 359 g/mol. The van der Waals surface area contributed by atoms with Crippen LogP contribution >= 0.6 is 27.3 Å². The number of hydrogen-bond acceptors (Lipinski definition) is 3. The molecule has 1 N–H and O–H groups in total. The largest absolute Gasteiger partial charge is 0.320 e. The molecule has 3 nitrogen and oxygen atoms in total. The first-order valence-corrected chi connectivity index (χ1v) is 7.92. The first kappa shape index (κ1) is 14.0. The van der Waals surface area contributed by atoms with Crippen molar-refractivity contribution in [3.05, 3.63) is 70.1 Å². The summed E-state index contributed by atoms with van der Waals surface area (Å²) in [7, 11) is 0. The Bertz CT molecular complexity index is 771. The number of para-hydroxylation sites is 1. The summed E-state index contributed by atoms with van der Waals surface area (Å²) in [4.78, 5) is 17.2. The molecule has 0 aliphatic carbocycles. The van der Waals surface area contributed by atoms with E-state index in [4.69, 9.17) is 0 Å². The van der Waals surface area contributed by atoms with Crippen LogP contribution in [0.25, 0.3) is 10.6 Å². The molecule has 0 aliphatic rings. The fourth-order valence-corrected chi connectivity index (χ4v) is 3.04. The number of carbonyl (C=O) groups excluding carboxylic acids is 1. The number of carbonyl (C=O) groups is 1. The zero-order chi connectivity index (χ0) is 14.7. The lowest BCUT2D eigenvalue weighted by atomic mass is 10.2. The number of nitrogens with zero attached hydrogens (tertiary/aromatic N) is 1. The van der Waals surface area contributed by atoms with E-state index < -0.39 is 0 Å². The molecule has 1 heterocycles. The molecule has 0 atom stereocenters. The van der Waals surface area contributed by atoms with Gasteiger partial charge in [-0.1, -0.05) is 42.5 Å². The van der Waals surface area contributed by atoms with Crippen molar-refractivity contribution in [2.24, 2.45) is 0 Å². The van der Waals surface area contributed by atoms with Gasteiger partial charge in [0.1, 0.15) is 9.88 Å². The molecule has 2 aromatic carbocycles. The summed E-state index contributed by atoms with van der Waals surface area (Å²) < 4.78 is 0.853. The maximum atomic E-state index is 12.2. The lowest BCUT2D eigenvalue weighted by Crippen LogP contribution is -2.10. The van der Waals surface area contributed by atoms with Crippen LogP contribution in [0.15, 0.2) is 65.3 Å². The lowest BCUT2D eigenvalue weighted by Gasteiger charge is -2.04. The molecule has 0 unspecified atom stereocenters. The molecule has 0 bridgehead atoms. The monoisotopic (exact) mass is 358 g/mol. The van der Waals surface area contributed by atoms with E-state index in [0.717, 1.165) is 20.7 Å². The van der Waals surface area contributed by atoms with Crippen LogP contribution in [-0.2, 0) is 0 Å². The van der Waals surface area contributed by atoms with E-state index >= 15 is 0 Å². The highest BCUT2D eigenvalue weighted by molar-refractivity contribution is 9.10. The summed E-state index contributed by atoms with van der Waals surface area (Å²) in [6.07, 6.45) is 1.61. The number of thiazole rings is 1. The van der Waals surface area contributed by atoms with Crippen molar-refractivity contribution >= 4 is 38.9 Å². The predicted molar refractivity (Wildman–Crippen MR) is 89.6 cm³/mol. The minimum Gasteiger partial charge on any atom is -0.320 e. The molecular formula is C16H11BrN2OS. The van der Waals surface area contributed by atoms with Crippen LogP contribution in [0.4, 0.5) is 5.69 Å². The van der Waals surface area contributed by atoms with Gasteiger partial charge in [0, 0.05) is 10.0 Å². The first-order valence-electron chi connectivity index (χ1n) is 6.31. The van der Waals surface area contributed by atoms with Crippen LogP contribution < -0.4 is 5.32 Å². The standard InChI is InChI=1S/C16H11BrN2OS/c17-12-8-4-5-9-13(12)19-15(20)14-10-18-16(21-14)11-6-2-1-3-7-11/h1-10H,(H,19,20). The van der Waals surface area contributed by atoms with E-state index in [1.54, 1.807) is 6.20 Å². The number of benzene rings is 2. The molecule has 0 fully saturated rings. The molecule has 1 aromatic heterocycles. The van der Waals surface area contributed by atoms with Crippen molar-refractivity contribution in [1.29, 1.82) is 0 Å². The molecule has 0 aliphatic heterocycles. The van der Waals surface area contributed by atoms with E-state index in [1.165, 1.54) is 11.3 Å². The Labute approximate surface area is 134 Å². The molecule has 0 saturated heterocycles. The van der Waals surface area contributed by atoms with Crippen molar-refractivity contribution < 1.29 is 4.79 Å². The van der Waals surface area contributed by atoms with Gasteiger partial charge in [-0.05, 0) is 28.1 Å². The molecule has 104 valence electrons. The summed E-state index contributed by atoms with van der Waals surface area (Å²) in [6, 6.07) is 17.3. The van der Waals surface area contributed by atoms with Gasteiger partial charge < -0.3 is 5.32 Å². The van der Waals surface area contributed by atoms with E-state index in [0.29, 0.717) is 4.88 Å². The van der Waals surface area contributed by atoms with Crippen molar-refractivity contribution in [2.45, 2.75) is 0 Å². The summed E-state index contributed by atoms with van der Waals surface area (Å²) in [6.45, 7) is 0. The van der Waals surface area contributed by atoms with Gasteiger partial charge in [-0.3, -0.25) is 4.79 Å². The van der Waals surface area contributed by atoms with Crippen molar-refractivity contribution in [1.82, 2.24) is 4.98 Å². The van der Waals surface area contributed by atoms with Gasteiger partial charge in [0.25, 0.3) is 5.91 Å². The zero-order valence-corrected chi connectivity index (χ0v) is 13.3. The summed E-state index contributed by atoms with van der Waals surface area (Å²) >= 11 is 4.79. The third-order valence-corrected chi connectivity index (χ3v) is 4.61. The van der Waals surface area contributed by atoms with Crippen LogP contribution in [0.1, 0.15) is 9.67 Å². The molecule has 0 saturated carbocycles. The summed E-state index contributed by atoms with van der Waals surface area (Å²) in [5.41, 5.74) is 1.76. The Morgan fingerprint density at radius 3 is 2.52 bits per heavy atom. The minimum absolute atomic E-state index is 0.151. The fourth-order valence-electron chi connectivity index (χ4n) is 1.84. The second-order valence-corrected chi connectivity index (χ2v) is 6.21. The maximum absolute atomic E-state index is 12.2. The summed E-state index contributed by atoms with van der Waals surface area (Å²) in [5.74, 6) is -0.151. The van der Waals surface area contributed by atoms with E-state index in [-0.39, 0.29) is 5.91 Å². The number of halogens is 1. The predicted octanol–water partition coefficient (Wildman–Crippen LogP) is 4.82. The molecule has 21 heavy (non-hydrogen) atoms. The minimum atomic E-state index is -0.151. The second-order valence-electron chi connectivity index (χ2n) is 4.33. The van der Waals surface area contributed by atoms with Gasteiger partial charge in [0.2, 0.25) is 0 Å². The maximum Gasteiger partial charge on any atom is 0.267 e. The fraction of sp³-hybridized carbons (Fsp3) is 0. The van der Waals surface area contributed by atoms with Crippen molar-refractivity contribution in [2.75, 3.05) is 5.32 Å². The molecule has 1 amide bonds. The SMILES string of the molecule is O=C(Nc1ccccc1Br)c1cnc(-c2ccccc2)s1. The van der Waals surface area contributed by atoms with Crippen LogP contribution in [0, 0.1) is 0 Å². The van der Waals surface area contributed by atoms with Gasteiger partial charge in [-0.15, -0.1) is 11.3 Å². The molecule has 3 aromatic rings. The third kappa shape index (κ3) is 3.20. The van der Waals surface area contributed by atoms with Gasteiger partial charge in [0.15, 0.2) is 0 Å². The topological polar surface area (TPSA) is 42.0 Å². The molecule has 0 radical (unpaired) electrons. The van der Waals surface area contributed by atoms with Crippen LogP contribution in [-0.4, -0.2) is 10.9 Å². The number of amides is 1. The molecular weight excluding hydrogens is 348 g/mol. The number of nitrogens with one attached hydrogen (secondary N) is 1. The lowest BCUT2D eigenvalue weighted by molar-refractivity contribution is 0.103. The Hall–Kier alpha value is -1.98. The molecule has 5 heteroatoms.